The van der Waals surface area contributed by atoms with Crippen LogP contribution in [0.15, 0.2) is 63.1 Å². The summed E-state index contributed by atoms with van der Waals surface area (Å²) >= 11 is 1.43. The first-order valence-corrected chi connectivity index (χ1v) is 6.86. The zero-order valence-corrected chi connectivity index (χ0v) is 11.2. The number of para-hydroxylation sites is 2. The minimum Gasteiger partial charge on any atom is -0.431 e. The smallest absolute Gasteiger partial charge is 0.261 e. The number of hydrogen-bond donors (Lipinski definition) is 1. The van der Waals surface area contributed by atoms with Crippen LogP contribution >= 0.6 is 11.8 Å². The van der Waals surface area contributed by atoms with E-state index in [1.54, 1.807) is 6.92 Å². The summed E-state index contributed by atoms with van der Waals surface area (Å²) < 4.78 is 5.68. The molecule has 0 spiro atoms. The summed E-state index contributed by atoms with van der Waals surface area (Å²) in [5.41, 5.74) is 2.51. The average Bonchev–Trinajstić information content (AvgIpc) is 2.81. The zero-order chi connectivity index (χ0) is 13.2. The number of hydrogen-bond acceptors (Lipinski definition) is 4. The molecular weight excluding hydrogens is 258 g/mol. The third-order valence-corrected chi connectivity index (χ3v) is 3.78. The van der Waals surface area contributed by atoms with Crippen molar-refractivity contribution in [2.24, 2.45) is 0 Å². The van der Waals surface area contributed by atoms with Gasteiger partial charge in [-0.3, -0.25) is 0 Å². The van der Waals surface area contributed by atoms with Crippen LogP contribution in [0.1, 0.15) is 18.6 Å². The molecule has 0 aliphatic heterocycles. The van der Waals surface area contributed by atoms with Crippen molar-refractivity contribution in [3.05, 3.63) is 54.1 Å². The molecule has 0 aliphatic carbocycles. The van der Waals surface area contributed by atoms with Crippen LogP contribution in [0.25, 0.3) is 11.1 Å². The van der Waals surface area contributed by atoms with Crippen molar-refractivity contribution in [3.8, 4) is 0 Å². The molecule has 19 heavy (non-hydrogen) atoms. The predicted octanol–water partition coefficient (Wildman–Crippen LogP) is 4.03. The molecule has 4 heteroatoms. The van der Waals surface area contributed by atoms with Crippen molar-refractivity contribution >= 4 is 22.9 Å². The maximum Gasteiger partial charge on any atom is 0.261 e. The first-order valence-electron chi connectivity index (χ1n) is 6.04. The van der Waals surface area contributed by atoms with E-state index in [9.17, 15) is 5.11 Å². The van der Waals surface area contributed by atoms with Gasteiger partial charge in [-0.1, -0.05) is 30.3 Å². The lowest BCUT2D eigenvalue weighted by molar-refractivity contribution is 0.196. The fraction of sp³-hybridized carbons (Fsp3) is 0.133. The molecule has 0 bridgehead atoms. The molecular formula is C15H13NO2S. The van der Waals surface area contributed by atoms with Crippen LogP contribution in [0.4, 0.5) is 0 Å². The zero-order valence-electron chi connectivity index (χ0n) is 10.4. The third kappa shape index (κ3) is 2.50. The van der Waals surface area contributed by atoms with E-state index >= 15 is 0 Å². The summed E-state index contributed by atoms with van der Waals surface area (Å²) in [6.07, 6.45) is -0.506. The van der Waals surface area contributed by atoms with E-state index in [-0.39, 0.29) is 0 Å². The van der Waals surface area contributed by atoms with Crippen molar-refractivity contribution in [1.29, 1.82) is 0 Å². The highest BCUT2D eigenvalue weighted by Gasteiger charge is 2.12. The lowest BCUT2D eigenvalue weighted by atomic mass is 10.1. The normalized spacial score (nSPS) is 12.7. The van der Waals surface area contributed by atoms with Crippen LogP contribution in [0.3, 0.4) is 0 Å². The Morgan fingerprint density at radius 1 is 1.11 bits per heavy atom. The van der Waals surface area contributed by atoms with Gasteiger partial charge in [-0.05, 0) is 42.4 Å². The molecule has 1 atom stereocenters. The first kappa shape index (κ1) is 12.3. The lowest BCUT2D eigenvalue weighted by Crippen LogP contribution is -1.93. The number of aliphatic hydroxyl groups is 1. The van der Waals surface area contributed by atoms with E-state index in [4.69, 9.17) is 4.42 Å². The number of oxazole rings is 1. The number of rotatable bonds is 3. The van der Waals surface area contributed by atoms with Gasteiger partial charge in [0.2, 0.25) is 0 Å². The standard InChI is InChI=1S/C15H13NO2S/c1-10(17)11-6-2-5-9-14(11)19-15-16-12-7-3-4-8-13(12)18-15/h2-10,17H,1H3. The van der Waals surface area contributed by atoms with E-state index in [1.165, 1.54) is 11.8 Å². The van der Waals surface area contributed by atoms with Gasteiger partial charge in [0.25, 0.3) is 5.22 Å². The van der Waals surface area contributed by atoms with Crippen LogP contribution in [0, 0.1) is 0 Å². The van der Waals surface area contributed by atoms with Crippen LogP contribution in [-0.4, -0.2) is 10.1 Å². The van der Waals surface area contributed by atoms with Gasteiger partial charge in [0.1, 0.15) is 5.52 Å². The highest BCUT2D eigenvalue weighted by molar-refractivity contribution is 7.99. The fourth-order valence-electron chi connectivity index (χ4n) is 1.91. The van der Waals surface area contributed by atoms with E-state index < -0.39 is 6.10 Å². The molecule has 3 nitrogen and oxygen atoms in total. The molecule has 96 valence electrons. The molecule has 2 aromatic carbocycles. The minimum absolute atomic E-state index is 0.506. The molecule has 1 N–H and O–H groups in total. The van der Waals surface area contributed by atoms with E-state index in [2.05, 4.69) is 4.98 Å². The van der Waals surface area contributed by atoms with Gasteiger partial charge >= 0.3 is 0 Å². The van der Waals surface area contributed by atoms with Crippen molar-refractivity contribution in [1.82, 2.24) is 4.98 Å². The molecule has 3 rings (SSSR count). The maximum absolute atomic E-state index is 9.76. The topological polar surface area (TPSA) is 46.3 Å². The van der Waals surface area contributed by atoms with Gasteiger partial charge < -0.3 is 9.52 Å². The Morgan fingerprint density at radius 3 is 2.63 bits per heavy atom. The van der Waals surface area contributed by atoms with Gasteiger partial charge in [-0.15, -0.1) is 0 Å². The molecule has 1 unspecified atom stereocenters. The van der Waals surface area contributed by atoms with Gasteiger partial charge in [-0.25, -0.2) is 4.98 Å². The molecule has 0 radical (unpaired) electrons. The number of aromatic nitrogens is 1. The summed E-state index contributed by atoms with van der Waals surface area (Å²) in [5, 5.41) is 10.3. The molecule has 0 aliphatic rings. The lowest BCUT2D eigenvalue weighted by Gasteiger charge is -2.09. The summed E-state index contributed by atoms with van der Waals surface area (Å²) in [7, 11) is 0. The second-order valence-corrected chi connectivity index (χ2v) is 5.26. The van der Waals surface area contributed by atoms with Crippen molar-refractivity contribution in [2.45, 2.75) is 23.1 Å². The largest absolute Gasteiger partial charge is 0.431 e. The number of benzene rings is 2. The van der Waals surface area contributed by atoms with Crippen molar-refractivity contribution in [3.63, 3.8) is 0 Å². The first-order chi connectivity index (χ1) is 9.24. The van der Waals surface area contributed by atoms with Crippen LogP contribution in [-0.2, 0) is 0 Å². The molecule has 0 saturated carbocycles. The van der Waals surface area contributed by atoms with Crippen LogP contribution in [0.2, 0.25) is 0 Å². The van der Waals surface area contributed by atoms with E-state index in [1.807, 2.05) is 48.5 Å². The van der Waals surface area contributed by atoms with E-state index in [0.29, 0.717) is 5.22 Å². The predicted molar refractivity (Wildman–Crippen MR) is 75.2 cm³/mol. The summed E-state index contributed by atoms with van der Waals surface area (Å²) in [6, 6.07) is 15.4. The Kier molecular flexibility index (Phi) is 3.27. The fourth-order valence-corrected chi connectivity index (χ4v) is 2.87. The number of nitrogens with zero attached hydrogens (tertiary/aromatic N) is 1. The second-order valence-electron chi connectivity index (χ2n) is 4.26. The van der Waals surface area contributed by atoms with Gasteiger partial charge in [0.05, 0.1) is 6.10 Å². The number of fused-ring (bicyclic) bond motifs is 1. The Bertz CT molecular complexity index is 673. The highest BCUT2D eigenvalue weighted by Crippen LogP contribution is 2.34. The SMILES string of the molecule is CC(O)c1ccccc1Sc1nc2ccccc2o1. The van der Waals surface area contributed by atoms with E-state index in [0.717, 1.165) is 21.6 Å². The molecule has 0 amide bonds. The Labute approximate surface area is 115 Å². The summed E-state index contributed by atoms with van der Waals surface area (Å²) in [5.74, 6) is 0. The summed E-state index contributed by atoms with van der Waals surface area (Å²) in [4.78, 5) is 5.39. The third-order valence-electron chi connectivity index (χ3n) is 2.84. The van der Waals surface area contributed by atoms with Crippen LogP contribution in [0.5, 0.6) is 0 Å². The van der Waals surface area contributed by atoms with Crippen molar-refractivity contribution in [2.75, 3.05) is 0 Å². The Balaban J connectivity index is 1.97. The molecule has 1 aromatic heterocycles. The van der Waals surface area contributed by atoms with Crippen molar-refractivity contribution < 1.29 is 9.52 Å². The molecule has 0 fully saturated rings. The maximum atomic E-state index is 9.76. The van der Waals surface area contributed by atoms with Crippen LogP contribution < -0.4 is 0 Å². The second kappa shape index (κ2) is 5.07. The highest BCUT2D eigenvalue weighted by atomic mass is 32.2. The van der Waals surface area contributed by atoms with Gasteiger partial charge in [-0.2, -0.15) is 0 Å². The Morgan fingerprint density at radius 2 is 1.84 bits per heavy atom. The van der Waals surface area contributed by atoms with Gasteiger partial charge in [0, 0.05) is 4.90 Å². The monoisotopic (exact) mass is 271 g/mol. The minimum atomic E-state index is -0.506. The average molecular weight is 271 g/mol. The molecule has 0 saturated heterocycles. The van der Waals surface area contributed by atoms with Gasteiger partial charge in [0.15, 0.2) is 5.58 Å². The molecule has 1 heterocycles. The number of aliphatic hydroxyl groups excluding tert-OH is 1. The molecule has 3 aromatic rings. The quantitative estimate of drug-likeness (QED) is 0.781. The summed E-state index contributed by atoms with van der Waals surface area (Å²) in [6.45, 7) is 1.76. The Hall–Kier alpha value is -1.78.